The highest BCUT2D eigenvalue weighted by Gasteiger charge is 2.25. The normalized spacial score (nSPS) is 18.6. The van der Waals surface area contributed by atoms with Gasteiger partial charge in [-0.15, -0.1) is 35.0 Å². The Morgan fingerprint density at radius 2 is 2.00 bits per heavy atom. The van der Waals surface area contributed by atoms with Gasteiger partial charge >= 0.3 is 0 Å². The summed E-state index contributed by atoms with van der Waals surface area (Å²) < 4.78 is 13.8. The maximum Gasteiger partial charge on any atom is 0.243 e. The van der Waals surface area contributed by atoms with Crippen LogP contribution in [-0.4, -0.2) is 55.8 Å². The lowest BCUT2D eigenvalue weighted by molar-refractivity contribution is 0.244. The fourth-order valence-electron chi connectivity index (χ4n) is 2.95. The topological polar surface area (TPSA) is 112 Å². The second-order valence-corrected chi connectivity index (χ2v) is 6.15. The molecule has 1 aromatic carbocycles. The lowest BCUT2D eigenvalue weighted by Crippen LogP contribution is -2.45. The molecule has 0 radical (unpaired) electrons. The lowest BCUT2D eigenvalue weighted by Gasteiger charge is -2.27. The first kappa shape index (κ1) is 21.8. The highest BCUT2D eigenvalue weighted by molar-refractivity contribution is 5.85. The lowest BCUT2D eigenvalue weighted by atomic mass is 10.0. The molecule has 1 aliphatic rings. The van der Waals surface area contributed by atoms with Crippen LogP contribution in [0.2, 0.25) is 0 Å². The van der Waals surface area contributed by atoms with Crippen LogP contribution in [0.3, 0.4) is 0 Å². The largest absolute Gasteiger partial charge is 0.507 e. The number of piperidine rings is 1. The molecule has 8 nitrogen and oxygen atoms in total. The number of rotatable bonds is 4. The Labute approximate surface area is 173 Å². The number of phenols is 1. The summed E-state index contributed by atoms with van der Waals surface area (Å²) in [5.41, 5.74) is 2.67. The van der Waals surface area contributed by atoms with E-state index in [1.807, 2.05) is 6.07 Å². The molecular formula is C17H20Cl2FN7O. The molecule has 0 bridgehead atoms. The number of H-pyrrole nitrogens is 1. The number of hydrogen-bond acceptors (Lipinski definition) is 7. The molecule has 1 aliphatic heterocycles. The van der Waals surface area contributed by atoms with Gasteiger partial charge in [-0.1, -0.05) is 6.07 Å². The molecule has 0 spiro atoms. The molecule has 1 fully saturated rings. The fraction of sp³-hybridized carbons (Fsp3) is 0.294. The van der Waals surface area contributed by atoms with E-state index in [1.165, 1.54) is 6.20 Å². The first-order valence-electron chi connectivity index (χ1n) is 8.34. The van der Waals surface area contributed by atoms with Gasteiger partial charge in [0, 0.05) is 23.9 Å². The number of hydrogen-bond donors (Lipinski definition) is 4. The Kier molecular flexibility index (Phi) is 7.50. The van der Waals surface area contributed by atoms with Gasteiger partial charge in [0.1, 0.15) is 17.6 Å². The number of anilines is 1. The SMILES string of the molecule is Cl.Cl.Oc1cc(-c2cn[nH]c2)ccc1-c1cnc(N[C@H]2CCNC[C@H]2F)nn1. The summed E-state index contributed by atoms with van der Waals surface area (Å²) in [5, 5.41) is 31.0. The van der Waals surface area contributed by atoms with Crippen molar-refractivity contribution in [2.24, 2.45) is 0 Å². The second kappa shape index (κ2) is 9.63. The molecule has 1 saturated heterocycles. The summed E-state index contributed by atoms with van der Waals surface area (Å²) in [6.07, 6.45) is 4.59. The molecule has 28 heavy (non-hydrogen) atoms. The molecule has 2 atom stereocenters. The monoisotopic (exact) mass is 427 g/mol. The van der Waals surface area contributed by atoms with E-state index < -0.39 is 6.17 Å². The number of phenolic OH excluding ortho intramolecular Hbond substituents is 1. The number of benzene rings is 1. The van der Waals surface area contributed by atoms with Crippen LogP contribution in [0.25, 0.3) is 22.4 Å². The number of nitrogens with one attached hydrogen (secondary N) is 3. The average Bonchev–Trinajstić information content (AvgIpc) is 3.19. The molecule has 2 aromatic heterocycles. The zero-order chi connectivity index (χ0) is 17.9. The van der Waals surface area contributed by atoms with Gasteiger partial charge in [0.25, 0.3) is 0 Å². The minimum Gasteiger partial charge on any atom is -0.507 e. The summed E-state index contributed by atoms with van der Waals surface area (Å²) in [5.74, 6) is 0.348. The molecule has 0 amide bonds. The summed E-state index contributed by atoms with van der Waals surface area (Å²) in [7, 11) is 0. The van der Waals surface area contributed by atoms with Crippen LogP contribution >= 0.6 is 24.8 Å². The van der Waals surface area contributed by atoms with Crippen molar-refractivity contribution in [3.63, 3.8) is 0 Å². The smallest absolute Gasteiger partial charge is 0.243 e. The van der Waals surface area contributed by atoms with Gasteiger partial charge in [-0.05, 0) is 30.7 Å². The van der Waals surface area contributed by atoms with Gasteiger partial charge in [0.05, 0.1) is 18.4 Å². The molecule has 3 heterocycles. The van der Waals surface area contributed by atoms with Crippen LogP contribution in [0.4, 0.5) is 10.3 Å². The Morgan fingerprint density at radius 3 is 2.64 bits per heavy atom. The summed E-state index contributed by atoms with van der Waals surface area (Å²) in [4.78, 5) is 4.20. The summed E-state index contributed by atoms with van der Waals surface area (Å²) >= 11 is 0. The summed E-state index contributed by atoms with van der Waals surface area (Å²) in [6, 6.07) is 4.92. The standard InChI is InChI=1S/C17H18FN7O.2ClH/c18-13-8-19-4-3-14(13)23-17-20-9-15(24-25-17)12-2-1-10(5-16(12)26)11-6-21-22-7-11;;/h1-2,5-7,9,13-14,19,26H,3-4,8H2,(H,21,22)(H,20,23,25);2*1H/t13-,14+;;/m1../s1. The Morgan fingerprint density at radius 1 is 1.14 bits per heavy atom. The van der Waals surface area contributed by atoms with E-state index in [-0.39, 0.29) is 42.6 Å². The third-order valence-electron chi connectivity index (χ3n) is 4.39. The van der Waals surface area contributed by atoms with E-state index >= 15 is 0 Å². The quantitative estimate of drug-likeness (QED) is 0.506. The van der Waals surface area contributed by atoms with Crippen molar-refractivity contribution in [3.8, 4) is 28.1 Å². The molecule has 3 aromatic rings. The highest BCUT2D eigenvalue weighted by Crippen LogP contribution is 2.31. The van der Waals surface area contributed by atoms with E-state index in [9.17, 15) is 9.50 Å². The van der Waals surface area contributed by atoms with E-state index in [1.54, 1.807) is 24.5 Å². The molecule has 150 valence electrons. The Bertz CT molecular complexity index is 880. The number of alkyl halides is 1. The number of halogens is 3. The van der Waals surface area contributed by atoms with Gasteiger partial charge in [-0.25, -0.2) is 9.37 Å². The molecule has 4 N–H and O–H groups in total. The number of nitrogens with zero attached hydrogens (tertiary/aromatic N) is 4. The molecule has 0 aliphatic carbocycles. The van der Waals surface area contributed by atoms with Crippen molar-refractivity contribution in [2.75, 3.05) is 18.4 Å². The van der Waals surface area contributed by atoms with Crippen molar-refractivity contribution < 1.29 is 9.50 Å². The maximum absolute atomic E-state index is 13.8. The first-order chi connectivity index (χ1) is 12.7. The minimum atomic E-state index is -0.994. The number of aromatic amines is 1. The van der Waals surface area contributed by atoms with Crippen molar-refractivity contribution in [3.05, 3.63) is 36.8 Å². The van der Waals surface area contributed by atoms with Crippen LogP contribution < -0.4 is 10.6 Å². The van der Waals surface area contributed by atoms with Gasteiger partial charge in [-0.3, -0.25) is 5.10 Å². The van der Waals surface area contributed by atoms with Gasteiger partial charge < -0.3 is 15.7 Å². The van der Waals surface area contributed by atoms with Crippen molar-refractivity contribution in [1.29, 1.82) is 0 Å². The van der Waals surface area contributed by atoms with Gasteiger partial charge in [0.15, 0.2) is 0 Å². The van der Waals surface area contributed by atoms with Crippen LogP contribution in [0.1, 0.15) is 6.42 Å². The molecule has 11 heteroatoms. The maximum atomic E-state index is 13.8. The number of aromatic nitrogens is 5. The van der Waals surface area contributed by atoms with Crippen LogP contribution in [-0.2, 0) is 0 Å². The zero-order valence-electron chi connectivity index (χ0n) is 14.7. The average molecular weight is 428 g/mol. The summed E-state index contributed by atoms with van der Waals surface area (Å²) in [6.45, 7) is 1.07. The predicted molar refractivity (Wildman–Crippen MR) is 109 cm³/mol. The first-order valence-corrected chi connectivity index (χ1v) is 8.34. The Hall–Kier alpha value is -2.49. The predicted octanol–water partition coefficient (Wildman–Crippen LogP) is 2.59. The van der Waals surface area contributed by atoms with E-state index in [2.05, 4.69) is 36.0 Å². The molecule has 4 rings (SSSR count). The van der Waals surface area contributed by atoms with Crippen molar-refractivity contribution in [1.82, 2.24) is 30.7 Å². The van der Waals surface area contributed by atoms with Gasteiger partial charge in [-0.2, -0.15) is 5.10 Å². The van der Waals surface area contributed by atoms with E-state index in [0.29, 0.717) is 24.2 Å². The second-order valence-electron chi connectivity index (χ2n) is 6.15. The minimum absolute atomic E-state index is 0. The van der Waals surface area contributed by atoms with Crippen LogP contribution in [0.15, 0.2) is 36.8 Å². The Balaban J connectivity index is 0.00000140. The van der Waals surface area contributed by atoms with Crippen LogP contribution in [0.5, 0.6) is 5.75 Å². The highest BCUT2D eigenvalue weighted by atomic mass is 35.5. The number of aromatic hydroxyl groups is 1. The molecular weight excluding hydrogens is 408 g/mol. The zero-order valence-corrected chi connectivity index (χ0v) is 16.3. The third-order valence-corrected chi connectivity index (χ3v) is 4.39. The van der Waals surface area contributed by atoms with E-state index in [0.717, 1.165) is 17.7 Å². The fourth-order valence-corrected chi connectivity index (χ4v) is 2.95. The van der Waals surface area contributed by atoms with Crippen molar-refractivity contribution >= 4 is 30.8 Å². The van der Waals surface area contributed by atoms with Crippen molar-refractivity contribution in [2.45, 2.75) is 18.6 Å². The molecule has 0 unspecified atom stereocenters. The van der Waals surface area contributed by atoms with Crippen LogP contribution in [0, 0.1) is 0 Å². The third kappa shape index (κ3) is 4.67. The van der Waals surface area contributed by atoms with Gasteiger partial charge in [0.2, 0.25) is 5.95 Å². The van der Waals surface area contributed by atoms with E-state index in [4.69, 9.17) is 0 Å². The molecule has 0 saturated carbocycles.